The van der Waals surface area contributed by atoms with Crippen LogP contribution in [-0.2, 0) is 6.54 Å². The SMILES string of the molecule is COc1ccc(CN2CCCCN3[C@H](CO)[C@H](c4ccc(C#Cc5ccccc5)cc4)[C@@H]3C2)cc1. The minimum Gasteiger partial charge on any atom is -0.497 e. The molecule has 35 heavy (non-hydrogen) atoms. The van der Waals surface area contributed by atoms with Crippen molar-refractivity contribution in [3.8, 4) is 17.6 Å². The topological polar surface area (TPSA) is 35.9 Å². The van der Waals surface area contributed by atoms with Gasteiger partial charge in [0.15, 0.2) is 0 Å². The maximum absolute atomic E-state index is 10.2. The molecule has 0 aromatic heterocycles. The zero-order chi connectivity index (χ0) is 24.0. The minimum atomic E-state index is 0.196. The Hall–Kier alpha value is -3.10. The maximum Gasteiger partial charge on any atom is 0.118 e. The van der Waals surface area contributed by atoms with Crippen molar-refractivity contribution in [3.05, 3.63) is 101 Å². The molecule has 2 aliphatic rings. The highest BCUT2D eigenvalue weighted by Gasteiger charge is 2.48. The first-order chi connectivity index (χ1) is 17.2. The summed E-state index contributed by atoms with van der Waals surface area (Å²) in [4.78, 5) is 5.12. The van der Waals surface area contributed by atoms with E-state index in [0.29, 0.717) is 12.0 Å². The molecule has 0 saturated carbocycles. The van der Waals surface area contributed by atoms with E-state index in [2.05, 4.69) is 58.0 Å². The van der Waals surface area contributed by atoms with Crippen LogP contribution < -0.4 is 4.74 Å². The molecule has 0 radical (unpaired) electrons. The van der Waals surface area contributed by atoms with Crippen LogP contribution in [0.25, 0.3) is 0 Å². The van der Waals surface area contributed by atoms with Gasteiger partial charge in [0, 0.05) is 42.2 Å². The third kappa shape index (κ3) is 5.44. The summed E-state index contributed by atoms with van der Waals surface area (Å²) in [6, 6.07) is 27.8. The van der Waals surface area contributed by atoms with Crippen LogP contribution in [0.2, 0.25) is 0 Å². The molecule has 0 unspecified atom stereocenters. The summed E-state index contributed by atoms with van der Waals surface area (Å²) in [7, 11) is 1.71. The van der Waals surface area contributed by atoms with Crippen molar-refractivity contribution in [1.82, 2.24) is 9.80 Å². The lowest BCUT2D eigenvalue weighted by molar-refractivity contribution is -0.0655. The van der Waals surface area contributed by atoms with Crippen LogP contribution in [0, 0.1) is 11.8 Å². The molecule has 2 fully saturated rings. The maximum atomic E-state index is 10.2. The molecule has 2 saturated heterocycles. The number of hydrogen-bond acceptors (Lipinski definition) is 4. The van der Waals surface area contributed by atoms with Gasteiger partial charge in [0.05, 0.1) is 13.7 Å². The molecule has 3 atom stereocenters. The average molecular weight is 467 g/mol. The van der Waals surface area contributed by atoms with Gasteiger partial charge in [-0.05, 0) is 73.5 Å². The predicted molar refractivity (Wildman–Crippen MR) is 140 cm³/mol. The van der Waals surface area contributed by atoms with Gasteiger partial charge in [0.1, 0.15) is 5.75 Å². The zero-order valence-electron chi connectivity index (χ0n) is 20.4. The molecule has 5 rings (SSSR count). The van der Waals surface area contributed by atoms with Crippen LogP contribution in [0.5, 0.6) is 5.75 Å². The molecule has 1 N–H and O–H groups in total. The van der Waals surface area contributed by atoms with Gasteiger partial charge < -0.3 is 9.84 Å². The number of benzene rings is 3. The van der Waals surface area contributed by atoms with Gasteiger partial charge >= 0.3 is 0 Å². The Balaban J connectivity index is 1.31. The molecule has 2 aliphatic heterocycles. The molecule has 0 aliphatic carbocycles. The summed E-state index contributed by atoms with van der Waals surface area (Å²) < 4.78 is 5.32. The Morgan fingerprint density at radius 2 is 1.54 bits per heavy atom. The minimum absolute atomic E-state index is 0.196. The fourth-order valence-electron chi connectivity index (χ4n) is 5.60. The second-order valence-corrected chi connectivity index (χ2v) is 9.61. The third-order valence-electron chi connectivity index (χ3n) is 7.44. The first-order valence-electron chi connectivity index (χ1n) is 12.6. The van der Waals surface area contributed by atoms with Crippen molar-refractivity contribution in [3.63, 3.8) is 0 Å². The smallest absolute Gasteiger partial charge is 0.118 e. The van der Waals surface area contributed by atoms with Gasteiger partial charge in [0.25, 0.3) is 0 Å². The van der Waals surface area contributed by atoms with Gasteiger partial charge in [-0.25, -0.2) is 0 Å². The number of hydrogen-bond donors (Lipinski definition) is 1. The quantitative estimate of drug-likeness (QED) is 0.561. The van der Waals surface area contributed by atoms with E-state index < -0.39 is 0 Å². The van der Waals surface area contributed by atoms with Crippen LogP contribution in [0.4, 0.5) is 0 Å². The Morgan fingerprint density at radius 1 is 0.857 bits per heavy atom. The third-order valence-corrected chi connectivity index (χ3v) is 7.44. The van der Waals surface area contributed by atoms with E-state index in [4.69, 9.17) is 4.74 Å². The highest BCUT2D eigenvalue weighted by atomic mass is 16.5. The zero-order valence-corrected chi connectivity index (χ0v) is 20.4. The van der Waals surface area contributed by atoms with Crippen LogP contribution >= 0.6 is 0 Å². The van der Waals surface area contributed by atoms with Gasteiger partial charge in [-0.3, -0.25) is 9.80 Å². The van der Waals surface area contributed by atoms with E-state index in [1.54, 1.807) is 7.11 Å². The summed E-state index contributed by atoms with van der Waals surface area (Å²) in [6.45, 7) is 4.35. The average Bonchev–Trinajstić information content (AvgIpc) is 2.89. The standard InChI is InChI=1S/C31H34N2O2/c1-35-28-17-13-26(14-18-28)21-32-19-5-6-20-33-29(22-32)31(30(33)23-34)27-15-11-25(12-16-27)10-9-24-7-3-2-4-8-24/h2-4,7-8,11-18,29-31,34H,5-6,19-23H2,1H3/t29-,30+,31+/m0/s1. The molecule has 3 aromatic rings. The van der Waals surface area contributed by atoms with Crippen molar-refractivity contribution in [1.29, 1.82) is 0 Å². The second kappa shape index (κ2) is 11.1. The number of aliphatic hydroxyl groups is 1. The van der Waals surface area contributed by atoms with E-state index in [0.717, 1.165) is 43.1 Å². The number of rotatable bonds is 5. The molecule has 0 spiro atoms. The van der Waals surface area contributed by atoms with Gasteiger partial charge in [0.2, 0.25) is 0 Å². The van der Waals surface area contributed by atoms with E-state index in [-0.39, 0.29) is 12.6 Å². The number of fused-ring (bicyclic) bond motifs is 1. The van der Waals surface area contributed by atoms with E-state index >= 15 is 0 Å². The molecule has 3 aromatic carbocycles. The number of aliphatic hydroxyl groups excluding tert-OH is 1. The molecular formula is C31H34N2O2. The summed E-state index contributed by atoms with van der Waals surface area (Å²) in [6.07, 6.45) is 2.36. The van der Waals surface area contributed by atoms with E-state index in [1.807, 2.05) is 42.5 Å². The van der Waals surface area contributed by atoms with E-state index in [1.165, 1.54) is 24.0 Å². The largest absolute Gasteiger partial charge is 0.497 e. The molecule has 180 valence electrons. The van der Waals surface area contributed by atoms with Crippen LogP contribution in [0.1, 0.15) is 41.0 Å². The fourth-order valence-corrected chi connectivity index (χ4v) is 5.60. The van der Waals surface area contributed by atoms with Crippen molar-refractivity contribution < 1.29 is 9.84 Å². The second-order valence-electron chi connectivity index (χ2n) is 9.61. The Kier molecular flexibility index (Phi) is 7.49. The van der Waals surface area contributed by atoms with Crippen LogP contribution in [0.15, 0.2) is 78.9 Å². The summed E-state index contributed by atoms with van der Waals surface area (Å²) >= 11 is 0. The Morgan fingerprint density at radius 3 is 2.23 bits per heavy atom. The fraction of sp³-hybridized carbons (Fsp3) is 0.355. The first-order valence-corrected chi connectivity index (χ1v) is 12.6. The van der Waals surface area contributed by atoms with Crippen LogP contribution in [-0.4, -0.2) is 60.3 Å². The first kappa shape index (κ1) is 23.6. The lowest BCUT2D eigenvalue weighted by atomic mass is 9.74. The normalized spacial score (nSPS) is 22.6. The summed E-state index contributed by atoms with van der Waals surface area (Å²) in [5.41, 5.74) is 4.67. The van der Waals surface area contributed by atoms with E-state index in [9.17, 15) is 5.11 Å². The number of methoxy groups -OCH3 is 1. The number of ether oxygens (including phenoxy) is 1. The molecule has 4 heteroatoms. The van der Waals surface area contributed by atoms with Gasteiger partial charge in [-0.2, -0.15) is 0 Å². The Bertz CT molecular complexity index is 1150. The predicted octanol–water partition coefficient (Wildman–Crippen LogP) is 4.52. The van der Waals surface area contributed by atoms with Crippen LogP contribution in [0.3, 0.4) is 0 Å². The van der Waals surface area contributed by atoms with Crippen molar-refractivity contribution in [2.75, 3.05) is 33.4 Å². The molecule has 0 bridgehead atoms. The molecular weight excluding hydrogens is 432 g/mol. The summed E-state index contributed by atoms with van der Waals surface area (Å²) in [5, 5.41) is 10.2. The van der Waals surface area contributed by atoms with Crippen molar-refractivity contribution >= 4 is 0 Å². The van der Waals surface area contributed by atoms with Gasteiger partial charge in [-0.1, -0.05) is 54.3 Å². The molecule has 2 heterocycles. The summed E-state index contributed by atoms with van der Waals surface area (Å²) in [5.74, 6) is 7.76. The van der Waals surface area contributed by atoms with Gasteiger partial charge in [-0.15, -0.1) is 0 Å². The molecule has 4 nitrogen and oxygen atoms in total. The highest BCUT2D eigenvalue weighted by molar-refractivity contribution is 5.44. The number of nitrogens with zero attached hydrogens (tertiary/aromatic N) is 2. The monoisotopic (exact) mass is 466 g/mol. The van der Waals surface area contributed by atoms with Crippen molar-refractivity contribution in [2.45, 2.75) is 37.4 Å². The molecule has 0 amide bonds. The van der Waals surface area contributed by atoms with Crippen molar-refractivity contribution in [2.24, 2.45) is 0 Å². The lowest BCUT2D eigenvalue weighted by Gasteiger charge is -2.57. The lowest BCUT2D eigenvalue weighted by Crippen LogP contribution is -2.67. The Labute approximate surface area is 209 Å². The highest BCUT2D eigenvalue weighted by Crippen LogP contribution is 2.42.